The van der Waals surface area contributed by atoms with Gasteiger partial charge < -0.3 is 5.11 Å². The lowest BCUT2D eigenvalue weighted by Crippen LogP contribution is -2.14. The summed E-state index contributed by atoms with van der Waals surface area (Å²) < 4.78 is 1.09. The third-order valence-corrected chi connectivity index (χ3v) is 3.64. The Labute approximate surface area is 93.3 Å². The van der Waals surface area contributed by atoms with Crippen molar-refractivity contribution < 1.29 is 5.11 Å². The Morgan fingerprint density at radius 2 is 2.07 bits per heavy atom. The van der Waals surface area contributed by atoms with Crippen molar-refractivity contribution in [2.75, 3.05) is 0 Å². The van der Waals surface area contributed by atoms with Gasteiger partial charge in [-0.2, -0.15) is 0 Å². The largest absolute Gasteiger partial charge is 0.389 e. The summed E-state index contributed by atoms with van der Waals surface area (Å²) in [6, 6.07) is 8.21. The van der Waals surface area contributed by atoms with E-state index in [9.17, 15) is 5.11 Å². The number of hydrogen-bond acceptors (Lipinski definition) is 1. The minimum absolute atomic E-state index is 0.400. The molecule has 1 nitrogen and oxygen atoms in total. The van der Waals surface area contributed by atoms with Crippen molar-refractivity contribution in [1.29, 1.82) is 0 Å². The second-order valence-corrected chi connectivity index (χ2v) is 5.13. The first-order valence-corrected chi connectivity index (χ1v) is 5.90. The van der Waals surface area contributed by atoms with E-state index in [1.165, 1.54) is 5.56 Å². The zero-order valence-corrected chi connectivity index (χ0v) is 9.92. The number of rotatable bonds is 3. The van der Waals surface area contributed by atoms with Gasteiger partial charge in [0.15, 0.2) is 0 Å². The standard InChI is InChI=1S/C12H15BrO/c1-2-10-8-12(10,14)7-9-3-5-11(13)6-4-9/h3-6,10,14H,2,7-8H2,1H3. The zero-order valence-electron chi connectivity index (χ0n) is 8.33. The summed E-state index contributed by atoms with van der Waals surface area (Å²) in [6.07, 6.45) is 2.87. The Morgan fingerprint density at radius 3 is 2.57 bits per heavy atom. The van der Waals surface area contributed by atoms with Crippen molar-refractivity contribution in [2.45, 2.75) is 31.8 Å². The van der Waals surface area contributed by atoms with Crippen molar-refractivity contribution in [3.63, 3.8) is 0 Å². The highest BCUT2D eigenvalue weighted by atomic mass is 79.9. The number of aliphatic hydroxyl groups is 1. The molecule has 1 saturated carbocycles. The van der Waals surface area contributed by atoms with Crippen LogP contribution in [0.3, 0.4) is 0 Å². The molecule has 0 heterocycles. The molecular formula is C12H15BrO. The van der Waals surface area contributed by atoms with Gasteiger partial charge in [-0.05, 0) is 30.0 Å². The van der Waals surface area contributed by atoms with Crippen LogP contribution in [0.25, 0.3) is 0 Å². The monoisotopic (exact) mass is 254 g/mol. The van der Waals surface area contributed by atoms with Crippen LogP contribution in [0.1, 0.15) is 25.3 Å². The highest BCUT2D eigenvalue weighted by molar-refractivity contribution is 9.10. The minimum Gasteiger partial charge on any atom is -0.389 e. The fourth-order valence-electron chi connectivity index (χ4n) is 2.06. The lowest BCUT2D eigenvalue weighted by atomic mass is 10.0. The van der Waals surface area contributed by atoms with Crippen LogP contribution in [0.4, 0.5) is 0 Å². The van der Waals surface area contributed by atoms with Crippen LogP contribution in [0, 0.1) is 5.92 Å². The van der Waals surface area contributed by atoms with Crippen LogP contribution in [-0.2, 0) is 6.42 Å². The summed E-state index contributed by atoms with van der Waals surface area (Å²) in [4.78, 5) is 0. The molecule has 0 saturated heterocycles. The van der Waals surface area contributed by atoms with Gasteiger partial charge in [0, 0.05) is 10.9 Å². The number of benzene rings is 1. The molecule has 0 aliphatic heterocycles. The van der Waals surface area contributed by atoms with Gasteiger partial charge >= 0.3 is 0 Å². The maximum Gasteiger partial charge on any atom is 0.0720 e. The minimum atomic E-state index is -0.400. The van der Waals surface area contributed by atoms with E-state index in [2.05, 4.69) is 35.0 Å². The molecule has 1 fully saturated rings. The molecule has 0 radical (unpaired) electrons. The summed E-state index contributed by atoms with van der Waals surface area (Å²) in [7, 11) is 0. The molecule has 1 aliphatic rings. The Bertz CT molecular complexity index is 320. The summed E-state index contributed by atoms with van der Waals surface area (Å²) >= 11 is 3.40. The first-order chi connectivity index (χ1) is 6.64. The van der Waals surface area contributed by atoms with Crippen LogP contribution >= 0.6 is 15.9 Å². The van der Waals surface area contributed by atoms with Gasteiger partial charge in [0.2, 0.25) is 0 Å². The highest BCUT2D eigenvalue weighted by Crippen LogP contribution is 2.47. The molecule has 14 heavy (non-hydrogen) atoms. The van der Waals surface area contributed by atoms with Gasteiger partial charge in [-0.3, -0.25) is 0 Å². The van der Waals surface area contributed by atoms with E-state index in [1.807, 2.05) is 12.1 Å². The Morgan fingerprint density at radius 1 is 1.43 bits per heavy atom. The molecular weight excluding hydrogens is 240 g/mol. The van der Waals surface area contributed by atoms with Crippen molar-refractivity contribution in [3.8, 4) is 0 Å². The Balaban J connectivity index is 2.02. The van der Waals surface area contributed by atoms with Gasteiger partial charge in [0.05, 0.1) is 5.60 Å². The average Bonchev–Trinajstić information content (AvgIpc) is 2.81. The fraction of sp³-hybridized carbons (Fsp3) is 0.500. The van der Waals surface area contributed by atoms with E-state index in [-0.39, 0.29) is 0 Å². The average molecular weight is 255 g/mol. The summed E-state index contributed by atoms with van der Waals surface area (Å²) in [5.74, 6) is 0.520. The molecule has 0 spiro atoms. The summed E-state index contributed by atoms with van der Waals surface area (Å²) in [5.41, 5.74) is 0.828. The normalized spacial score (nSPS) is 30.4. The molecule has 2 rings (SSSR count). The van der Waals surface area contributed by atoms with Crippen LogP contribution in [0.15, 0.2) is 28.7 Å². The molecule has 1 aromatic carbocycles. The fourth-order valence-corrected chi connectivity index (χ4v) is 2.33. The number of hydrogen-bond donors (Lipinski definition) is 1. The predicted molar refractivity (Wildman–Crippen MR) is 61.2 cm³/mol. The quantitative estimate of drug-likeness (QED) is 0.879. The topological polar surface area (TPSA) is 20.2 Å². The maximum absolute atomic E-state index is 10.1. The van der Waals surface area contributed by atoms with E-state index in [0.29, 0.717) is 5.92 Å². The lowest BCUT2D eigenvalue weighted by Gasteiger charge is -2.09. The molecule has 2 atom stereocenters. The van der Waals surface area contributed by atoms with Crippen LogP contribution in [0.2, 0.25) is 0 Å². The van der Waals surface area contributed by atoms with Crippen molar-refractivity contribution in [1.82, 2.24) is 0 Å². The first-order valence-electron chi connectivity index (χ1n) is 5.11. The van der Waals surface area contributed by atoms with Gasteiger partial charge in [-0.15, -0.1) is 0 Å². The highest BCUT2D eigenvalue weighted by Gasteiger charge is 2.50. The van der Waals surface area contributed by atoms with E-state index < -0.39 is 5.60 Å². The Hall–Kier alpha value is -0.340. The predicted octanol–water partition coefficient (Wildman–Crippen LogP) is 3.15. The van der Waals surface area contributed by atoms with Crippen molar-refractivity contribution in [2.24, 2.45) is 5.92 Å². The van der Waals surface area contributed by atoms with Crippen LogP contribution < -0.4 is 0 Å². The van der Waals surface area contributed by atoms with Crippen molar-refractivity contribution in [3.05, 3.63) is 34.3 Å². The third-order valence-electron chi connectivity index (χ3n) is 3.12. The second-order valence-electron chi connectivity index (χ2n) is 4.22. The van der Waals surface area contributed by atoms with Gasteiger partial charge in [0.25, 0.3) is 0 Å². The smallest absolute Gasteiger partial charge is 0.0720 e. The second kappa shape index (κ2) is 3.67. The molecule has 2 heteroatoms. The van der Waals surface area contributed by atoms with E-state index in [4.69, 9.17) is 0 Å². The molecule has 0 bridgehead atoms. The van der Waals surface area contributed by atoms with E-state index >= 15 is 0 Å². The first kappa shape index (κ1) is 10.2. The molecule has 0 amide bonds. The molecule has 76 valence electrons. The molecule has 0 aromatic heterocycles. The van der Waals surface area contributed by atoms with Gasteiger partial charge in [-0.1, -0.05) is 41.4 Å². The zero-order chi connectivity index (χ0) is 10.2. The van der Waals surface area contributed by atoms with Crippen LogP contribution in [0.5, 0.6) is 0 Å². The Kier molecular flexibility index (Phi) is 2.67. The summed E-state index contributed by atoms with van der Waals surface area (Å²) in [6.45, 7) is 2.14. The van der Waals surface area contributed by atoms with Crippen molar-refractivity contribution >= 4 is 15.9 Å². The maximum atomic E-state index is 10.1. The third kappa shape index (κ3) is 2.01. The van der Waals surface area contributed by atoms with Gasteiger partial charge in [-0.25, -0.2) is 0 Å². The van der Waals surface area contributed by atoms with E-state index in [1.54, 1.807) is 0 Å². The molecule has 1 aromatic rings. The van der Waals surface area contributed by atoms with Gasteiger partial charge in [0.1, 0.15) is 0 Å². The molecule has 1 N–H and O–H groups in total. The SMILES string of the molecule is CCC1CC1(O)Cc1ccc(Br)cc1. The van der Waals surface area contributed by atoms with Crippen LogP contribution in [-0.4, -0.2) is 10.7 Å². The lowest BCUT2D eigenvalue weighted by molar-refractivity contribution is 0.130. The van der Waals surface area contributed by atoms with E-state index in [0.717, 1.165) is 23.7 Å². The molecule has 2 unspecified atom stereocenters. The molecule has 1 aliphatic carbocycles. The number of halogens is 1. The summed E-state index contributed by atoms with van der Waals surface area (Å²) in [5, 5.41) is 10.1.